The minimum absolute atomic E-state index is 0.0128. The molecule has 0 aromatic rings. The highest BCUT2D eigenvalue weighted by Crippen LogP contribution is 2.55. The molecule has 2 heterocycles. The monoisotopic (exact) mass is 962 g/mol. The van der Waals surface area contributed by atoms with Crippen LogP contribution in [0.1, 0.15) is 60.3 Å². The molecule has 0 N–H and O–H groups in total. The van der Waals surface area contributed by atoms with Crippen molar-refractivity contribution in [3.63, 3.8) is 0 Å². The molecule has 6 unspecified atom stereocenters. The smallest absolute Gasteiger partial charge is 0.395 e. The largest absolute Gasteiger partial charge is 0.463 e. The van der Waals surface area contributed by atoms with Crippen LogP contribution in [-0.2, 0) is 85.8 Å². The van der Waals surface area contributed by atoms with Crippen molar-refractivity contribution in [2.24, 2.45) is 17.8 Å². The first-order chi connectivity index (χ1) is 30.3. The maximum Gasteiger partial charge on any atom is 0.395 e. The lowest BCUT2D eigenvalue weighted by molar-refractivity contribution is -0.209. The van der Waals surface area contributed by atoms with Crippen LogP contribution in [0.2, 0.25) is 0 Å². The number of rotatable bonds is 17. The second-order valence-corrected chi connectivity index (χ2v) is 14.8. The minimum Gasteiger partial charge on any atom is -0.463 e. The molecule has 370 valence electrons. The van der Waals surface area contributed by atoms with Crippen molar-refractivity contribution >= 4 is 53.7 Å². The predicted molar refractivity (Wildman–Crippen MR) is 205 cm³/mol. The Hall–Kier alpha value is -6.30. The standard InChI is InChI=1S/C14H16O6.C10H11F5O4.C9H12F2O4.C8H10O4/c1-6(2)13(16)18-5-10(15)19-11-7-3-8-9(4-7)14(17)20-12(8)11;1-6(2)7(16)18-3-4-19-8(17)9(11,12)5-10(13,14)15;1-6(2)7(12)14-4-5-15-8(13)9(3,10)11;1-5(2)7(9)12-6-3-4-11-8(6)10/h7-9,11-12H,1,3-5H2,2H3;1,3-5H2,2H3;1,4-5H2,2-3H3;6H,1,3-4H2,2H3. The first-order valence-corrected chi connectivity index (χ1v) is 19.4. The highest BCUT2D eigenvalue weighted by atomic mass is 19.4. The summed E-state index contributed by atoms with van der Waals surface area (Å²) in [4.78, 5) is 99.0. The molecular formula is C41H49F7O18. The van der Waals surface area contributed by atoms with Gasteiger partial charge >= 0.3 is 71.7 Å². The van der Waals surface area contributed by atoms with Crippen LogP contribution in [0.4, 0.5) is 30.7 Å². The quantitative estimate of drug-likeness (QED) is 0.0638. The normalized spacial score (nSPS) is 20.9. The summed E-state index contributed by atoms with van der Waals surface area (Å²) in [5.41, 5.74) is 0.732. The molecule has 0 spiro atoms. The number of fused-ring (bicyclic) bond motifs is 1. The lowest BCUT2D eigenvalue weighted by Crippen LogP contribution is -2.37. The van der Waals surface area contributed by atoms with Gasteiger partial charge in [-0.15, -0.1) is 0 Å². The Morgan fingerprint density at radius 2 is 1.11 bits per heavy atom. The Kier molecular flexibility index (Phi) is 22.2. The summed E-state index contributed by atoms with van der Waals surface area (Å²) in [5, 5.41) is 0. The number of esters is 9. The molecule has 2 saturated carbocycles. The highest BCUT2D eigenvalue weighted by molar-refractivity contribution is 5.90. The average Bonchev–Trinajstić information content (AvgIpc) is 3.95. The SMILES string of the molecule is C=C(C)C(=O)OC1CCOC1=O.C=C(C)C(=O)OCC(=O)OC1C2CC3C(=O)OC1C3C2.C=C(C)C(=O)OCCOC(=O)C(C)(F)F.C=C(C)C(=O)OCCOC(=O)C(F)(F)CC(F)(F)F. The fourth-order valence-electron chi connectivity index (χ4n) is 5.65. The Labute approximate surface area is 372 Å². The zero-order chi connectivity index (χ0) is 50.9. The van der Waals surface area contributed by atoms with E-state index >= 15 is 0 Å². The van der Waals surface area contributed by atoms with E-state index < -0.39 is 111 Å². The third-order valence-electron chi connectivity index (χ3n) is 8.71. The van der Waals surface area contributed by atoms with Crippen LogP contribution in [0.15, 0.2) is 48.6 Å². The van der Waals surface area contributed by atoms with Crippen molar-refractivity contribution in [1.82, 2.24) is 0 Å². The fourth-order valence-corrected chi connectivity index (χ4v) is 5.65. The third-order valence-corrected chi connectivity index (χ3v) is 8.71. The van der Waals surface area contributed by atoms with Crippen molar-refractivity contribution < 1.29 is 117 Å². The molecular weight excluding hydrogens is 913 g/mol. The van der Waals surface area contributed by atoms with Gasteiger partial charge in [0, 0.05) is 47.5 Å². The van der Waals surface area contributed by atoms with Crippen molar-refractivity contribution in [1.29, 1.82) is 0 Å². The molecule has 0 aromatic carbocycles. The highest BCUT2D eigenvalue weighted by Gasteiger charge is 2.63. The van der Waals surface area contributed by atoms with Crippen LogP contribution in [0.25, 0.3) is 0 Å². The van der Waals surface area contributed by atoms with Gasteiger partial charge in [0.1, 0.15) is 45.1 Å². The van der Waals surface area contributed by atoms with Crippen molar-refractivity contribution in [2.45, 2.75) is 96.6 Å². The molecule has 4 fully saturated rings. The van der Waals surface area contributed by atoms with Gasteiger partial charge in [-0.1, -0.05) is 26.3 Å². The van der Waals surface area contributed by atoms with E-state index in [1.807, 2.05) is 0 Å². The topological polar surface area (TPSA) is 237 Å². The Morgan fingerprint density at radius 3 is 1.55 bits per heavy atom. The fraction of sp³-hybridized carbons (Fsp3) is 0.585. The van der Waals surface area contributed by atoms with Gasteiger partial charge in [-0.25, -0.2) is 38.4 Å². The Balaban J connectivity index is 0.000000448. The molecule has 66 heavy (non-hydrogen) atoms. The maximum atomic E-state index is 12.7. The molecule has 0 radical (unpaired) electrons. The van der Waals surface area contributed by atoms with E-state index in [1.54, 1.807) is 0 Å². The van der Waals surface area contributed by atoms with Crippen LogP contribution in [0.3, 0.4) is 0 Å². The Bertz CT molecular complexity index is 1890. The molecule has 25 heteroatoms. The number of alkyl halides is 7. The number of hydrogen-bond donors (Lipinski definition) is 0. The van der Waals surface area contributed by atoms with Crippen LogP contribution < -0.4 is 0 Å². The molecule has 4 rings (SSSR count). The van der Waals surface area contributed by atoms with E-state index in [1.165, 1.54) is 27.7 Å². The van der Waals surface area contributed by atoms with Crippen LogP contribution in [-0.4, -0.2) is 130 Å². The van der Waals surface area contributed by atoms with Crippen LogP contribution >= 0.6 is 0 Å². The van der Waals surface area contributed by atoms with E-state index in [-0.39, 0.29) is 58.7 Å². The molecule has 2 bridgehead atoms. The molecule has 2 aliphatic heterocycles. The molecule has 18 nitrogen and oxygen atoms in total. The third kappa shape index (κ3) is 19.8. The number of carbonyl (C=O) groups is 9. The summed E-state index contributed by atoms with van der Waals surface area (Å²) in [6.45, 7) is 17.5. The first-order valence-electron chi connectivity index (χ1n) is 19.4. The van der Waals surface area contributed by atoms with E-state index in [0.29, 0.717) is 20.0 Å². The number of hydrogen-bond acceptors (Lipinski definition) is 18. The van der Waals surface area contributed by atoms with Gasteiger partial charge in [0.15, 0.2) is 6.61 Å². The number of carbonyl (C=O) groups excluding carboxylic acids is 9. The summed E-state index contributed by atoms with van der Waals surface area (Å²) in [6, 6.07) is 0. The second-order valence-electron chi connectivity index (χ2n) is 14.8. The van der Waals surface area contributed by atoms with E-state index in [9.17, 15) is 73.9 Å². The zero-order valence-corrected chi connectivity index (χ0v) is 36.4. The van der Waals surface area contributed by atoms with Gasteiger partial charge in [-0.05, 0) is 40.5 Å². The van der Waals surface area contributed by atoms with E-state index in [4.69, 9.17) is 18.9 Å². The van der Waals surface area contributed by atoms with E-state index in [0.717, 1.165) is 12.8 Å². The van der Waals surface area contributed by atoms with Gasteiger partial charge in [-0.3, -0.25) is 4.79 Å². The molecule has 4 aliphatic rings. The Morgan fingerprint density at radius 1 is 0.636 bits per heavy atom. The maximum absolute atomic E-state index is 12.7. The van der Waals surface area contributed by atoms with Crippen molar-refractivity contribution in [2.75, 3.05) is 39.6 Å². The van der Waals surface area contributed by atoms with Crippen molar-refractivity contribution in [3.8, 4) is 0 Å². The minimum atomic E-state index is -5.20. The lowest BCUT2D eigenvalue weighted by Gasteiger charge is -2.25. The lowest BCUT2D eigenvalue weighted by atomic mass is 9.88. The van der Waals surface area contributed by atoms with Gasteiger partial charge < -0.3 is 42.6 Å². The van der Waals surface area contributed by atoms with Gasteiger partial charge in [0.2, 0.25) is 6.10 Å². The average molecular weight is 963 g/mol. The number of ether oxygens (including phenoxy) is 9. The molecule has 0 amide bonds. The summed E-state index contributed by atoms with van der Waals surface area (Å²) in [6.07, 6.45) is -7.20. The number of halogens is 7. The summed E-state index contributed by atoms with van der Waals surface area (Å²) in [5.74, 6) is -15.7. The summed E-state index contributed by atoms with van der Waals surface area (Å²) in [7, 11) is 0. The first kappa shape index (κ1) is 57.7. The van der Waals surface area contributed by atoms with Crippen LogP contribution in [0, 0.1) is 17.8 Å². The summed E-state index contributed by atoms with van der Waals surface area (Å²) >= 11 is 0. The van der Waals surface area contributed by atoms with Crippen LogP contribution in [0.5, 0.6) is 0 Å². The summed E-state index contributed by atoms with van der Waals surface area (Å²) < 4.78 is 127. The molecule has 6 atom stereocenters. The molecule has 2 aliphatic carbocycles. The zero-order valence-electron chi connectivity index (χ0n) is 36.4. The van der Waals surface area contributed by atoms with Crippen molar-refractivity contribution in [3.05, 3.63) is 48.6 Å². The van der Waals surface area contributed by atoms with Gasteiger partial charge in [-0.2, -0.15) is 30.7 Å². The van der Waals surface area contributed by atoms with Gasteiger partial charge in [0.25, 0.3) is 0 Å². The number of cyclic esters (lactones) is 1. The van der Waals surface area contributed by atoms with E-state index in [2.05, 4.69) is 50.0 Å². The molecule has 2 saturated heterocycles. The molecule has 0 aromatic heterocycles. The van der Waals surface area contributed by atoms with Gasteiger partial charge in [0.05, 0.1) is 12.5 Å². The second kappa shape index (κ2) is 25.4. The predicted octanol–water partition coefficient (Wildman–Crippen LogP) is 4.56.